The van der Waals surface area contributed by atoms with E-state index in [1.54, 1.807) is 18.2 Å². The van der Waals surface area contributed by atoms with E-state index in [4.69, 9.17) is 11.3 Å². The molecule has 0 saturated heterocycles. The molecule has 1 rings (SSSR count). The van der Waals surface area contributed by atoms with Gasteiger partial charge in [-0.05, 0) is 12.1 Å². The Bertz CT molecular complexity index is 586. The molecule has 0 bridgehead atoms. The highest BCUT2D eigenvalue weighted by Crippen LogP contribution is 2.04. The van der Waals surface area contributed by atoms with Gasteiger partial charge in [-0.3, -0.25) is 4.79 Å². The topological polar surface area (TPSA) is 72.9 Å². The number of nitrogens with zero attached hydrogens (tertiary/aromatic N) is 1. The summed E-state index contributed by atoms with van der Waals surface area (Å²) in [6.07, 6.45) is 6.92. The number of carbonyl (C=O) groups is 3. The first-order chi connectivity index (χ1) is 10.1. The summed E-state index contributed by atoms with van der Waals surface area (Å²) >= 11 is 0. The number of benzene rings is 1. The first kappa shape index (κ1) is 16.0. The maximum Gasteiger partial charge on any atom is 0.363 e. The molecule has 0 aliphatic rings. The molecule has 0 aromatic heterocycles. The van der Waals surface area contributed by atoms with Crippen LogP contribution < -0.4 is 0 Å². The van der Waals surface area contributed by atoms with Gasteiger partial charge >= 0.3 is 11.9 Å². The third-order valence-electron chi connectivity index (χ3n) is 2.25. The number of hydrogen-bond donors (Lipinski definition) is 0. The average molecular weight is 287 g/mol. The highest BCUT2D eigenvalue weighted by atomic mass is 16.7. The minimum absolute atomic E-state index is 0.247. The largest absolute Gasteiger partial charge is 0.466 e. The van der Waals surface area contributed by atoms with E-state index >= 15 is 0 Å². The molecule has 108 valence electrons. The second-order valence-corrected chi connectivity index (χ2v) is 3.68. The predicted octanol–water partition coefficient (Wildman–Crippen LogP) is 0.949. The van der Waals surface area contributed by atoms with Gasteiger partial charge in [0.1, 0.15) is 6.54 Å². The van der Waals surface area contributed by atoms with Crippen molar-refractivity contribution < 1.29 is 24.0 Å². The Labute approximate surface area is 121 Å². The van der Waals surface area contributed by atoms with Crippen LogP contribution in [0.1, 0.15) is 10.4 Å². The Hall–Kier alpha value is -3.07. The van der Waals surface area contributed by atoms with E-state index in [9.17, 15) is 14.4 Å². The highest BCUT2D eigenvalue weighted by molar-refractivity contribution is 5.96. The molecular formula is C15H13NO5. The number of amides is 1. The maximum absolute atomic E-state index is 11.8. The summed E-state index contributed by atoms with van der Waals surface area (Å²) in [5, 5.41) is 0.675. The van der Waals surface area contributed by atoms with Gasteiger partial charge in [0.2, 0.25) is 0 Å². The SMILES string of the molecule is C#CCN(OC(=O)c1ccccc1)C(=O)/C=C/C(=O)OC. The van der Waals surface area contributed by atoms with Crippen LogP contribution >= 0.6 is 0 Å². The highest BCUT2D eigenvalue weighted by Gasteiger charge is 2.17. The zero-order valence-electron chi connectivity index (χ0n) is 11.3. The minimum Gasteiger partial charge on any atom is -0.466 e. The molecule has 1 aromatic carbocycles. The fraction of sp³-hybridized carbons (Fsp3) is 0.133. The lowest BCUT2D eigenvalue weighted by molar-refractivity contribution is -0.158. The lowest BCUT2D eigenvalue weighted by Crippen LogP contribution is -2.33. The molecule has 1 aromatic rings. The number of hydrogen-bond acceptors (Lipinski definition) is 5. The first-order valence-corrected chi connectivity index (χ1v) is 5.86. The van der Waals surface area contributed by atoms with Crippen LogP contribution in [0.2, 0.25) is 0 Å². The average Bonchev–Trinajstić information content (AvgIpc) is 2.52. The van der Waals surface area contributed by atoms with E-state index in [-0.39, 0.29) is 12.1 Å². The Morgan fingerprint density at radius 3 is 2.48 bits per heavy atom. The summed E-state index contributed by atoms with van der Waals surface area (Å²) in [4.78, 5) is 39.4. The standard InChI is InChI=1S/C15H13NO5/c1-3-11-16(13(17)9-10-14(18)20-2)21-15(19)12-7-5-4-6-8-12/h1,4-10H,11H2,2H3/b10-9+. The van der Waals surface area contributed by atoms with Gasteiger partial charge in [-0.1, -0.05) is 24.1 Å². The second kappa shape index (κ2) is 8.17. The van der Waals surface area contributed by atoms with Crippen LogP contribution in [0.25, 0.3) is 0 Å². The van der Waals surface area contributed by atoms with Crippen LogP contribution in [0, 0.1) is 12.3 Å². The summed E-state index contributed by atoms with van der Waals surface area (Å²) in [6, 6.07) is 8.11. The lowest BCUT2D eigenvalue weighted by Gasteiger charge is -2.17. The lowest BCUT2D eigenvalue weighted by atomic mass is 10.2. The Morgan fingerprint density at radius 1 is 1.24 bits per heavy atom. The molecular weight excluding hydrogens is 274 g/mol. The summed E-state index contributed by atoms with van der Waals surface area (Å²) in [5.74, 6) is -0.00329. The van der Waals surface area contributed by atoms with Gasteiger partial charge in [0.15, 0.2) is 0 Å². The fourth-order valence-electron chi connectivity index (χ4n) is 1.26. The van der Waals surface area contributed by atoms with Crippen LogP contribution in [-0.2, 0) is 19.2 Å². The molecule has 0 radical (unpaired) electrons. The van der Waals surface area contributed by atoms with E-state index in [1.807, 2.05) is 0 Å². The summed E-state index contributed by atoms with van der Waals surface area (Å²) in [7, 11) is 1.17. The summed E-state index contributed by atoms with van der Waals surface area (Å²) in [6.45, 7) is -0.247. The number of hydroxylamine groups is 2. The van der Waals surface area contributed by atoms with Gasteiger partial charge in [-0.25, -0.2) is 9.59 Å². The van der Waals surface area contributed by atoms with Gasteiger partial charge in [0, 0.05) is 12.2 Å². The molecule has 6 heteroatoms. The quantitative estimate of drug-likeness (QED) is 0.357. The van der Waals surface area contributed by atoms with Crippen molar-refractivity contribution in [3.63, 3.8) is 0 Å². The van der Waals surface area contributed by atoms with Crippen molar-refractivity contribution in [2.45, 2.75) is 0 Å². The molecule has 0 saturated carbocycles. The third kappa shape index (κ3) is 5.20. The molecule has 1 amide bonds. The zero-order chi connectivity index (χ0) is 15.7. The maximum atomic E-state index is 11.8. The van der Waals surface area contributed by atoms with Crippen LogP contribution in [0.3, 0.4) is 0 Å². The molecule has 6 nitrogen and oxygen atoms in total. The Morgan fingerprint density at radius 2 is 1.90 bits per heavy atom. The normalized spacial score (nSPS) is 9.71. The number of terminal acetylenes is 1. The number of rotatable bonds is 4. The van der Waals surface area contributed by atoms with Gasteiger partial charge in [-0.15, -0.1) is 6.42 Å². The Kier molecular flexibility index (Phi) is 6.22. The van der Waals surface area contributed by atoms with Gasteiger partial charge < -0.3 is 9.57 Å². The summed E-state index contributed by atoms with van der Waals surface area (Å²) in [5.41, 5.74) is 0.268. The van der Waals surface area contributed by atoms with E-state index in [0.717, 1.165) is 12.2 Å². The monoisotopic (exact) mass is 287 g/mol. The fourth-order valence-corrected chi connectivity index (χ4v) is 1.26. The van der Waals surface area contributed by atoms with Crippen molar-refractivity contribution in [3.05, 3.63) is 48.0 Å². The molecule has 0 unspecified atom stereocenters. The second-order valence-electron chi connectivity index (χ2n) is 3.68. The van der Waals surface area contributed by atoms with Crippen molar-refractivity contribution in [3.8, 4) is 12.3 Å². The molecule has 0 aliphatic heterocycles. The van der Waals surface area contributed by atoms with E-state index in [0.29, 0.717) is 5.06 Å². The minimum atomic E-state index is -0.748. The molecule has 0 atom stereocenters. The van der Waals surface area contributed by atoms with Crippen molar-refractivity contribution in [2.75, 3.05) is 13.7 Å². The van der Waals surface area contributed by atoms with Crippen LogP contribution in [0.5, 0.6) is 0 Å². The zero-order valence-corrected chi connectivity index (χ0v) is 11.3. The molecule has 0 N–H and O–H groups in total. The smallest absolute Gasteiger partial charge is 0.363 e. The number of ether oxygens (including phenoxy) is 1. The number of carbonyl (C=O) groups excluding carboxylic acids is 3. The number of esters is 1. The molecule has 0 spiro atoms. The van der Waals surface area contributed by atoms with E-state index in [2.05, 4.69) is 10.7 Å². The molecule has 0 fully saturated rings. The molecule has 0 heterocycles. The van der Waals surface area contributed by atoms with Crippen LogP contribution in [0.15, 0.2) is 42.5 Å². The van der Waals surface area contributed by atoms with Gasteiger partial charge in [-0.2, -0.15) is 5.06 Å². The van der Waals surface area contributed by atoms with Crippen LogP contribution in [-0.4, -0.2) is 36.6 Å². The Balaban J connectivity index is 2.76. The van der Waals surface area contributed by atoms with E-state index < -0.39 is 17.8 Å². The predicted molar refractivity (Wildman–Crippen MR) is 73.6 cm³/mol. The van der Waals surface area contributed by atoms with Crippen molar-refractivity contribution in [2.24, 2.45) is 0 Å². The first-order valence-electron chi connectivity index (χ1n) is 5.86. The van der Waals surface area contributed by atoms with Crippen molar-refractivity contribution in [1.29, 1.82) is 0 Å². The number of methoxy groups -OCH3 is 1. The van der Waals surface area contributed by atoms with Crippen molar-refractivity contribution >= 4 is 17.8 Å². The molecule has 0 aliphatic carbocycles. The third-order valence-corrected chi connectivity index (χ3v) is 2.25. The molecule has 21 heavy (non-hydrogen) atoms. The van der Waals surface area contributed by atoms with Gasteiger partial charge in [0.25, 0.3) is 5.91 Å². The summed E-state index contributed by atoms with van der Waals surface area (Å²) < 4.78 is 4.35. The van der Waals surface area contributed by atoms with Crippen LogP contribution in [0.4, 0.5) is 0 Å². The van der Waals surface area contributed by atoms with E-state index in [1.165, 1.54) is 19.2 Å². The van der Waals surface area contributed by atoms with Gasteiger partial charge in [0.05, 0.1) is 12.7 Å². The van der Waals surface area contributed by atoms with Crippen molar-refractivity contribution in [1.82, 2.24) is 5.06 Å².